The first-order valence-corrected chi connectivity index (χ1v) is 6.19. The number of nitrogens with zero attached hydrogens (tertiary/aromatic N) is 2. The van der Waals surface area contributed by atoms with Crippen LogP contribution in [0.3, 0.4) is 0 Å². The molecule has 1 unspecified atom stereocenters. The third kappa shape index (κ3) is 12.9. The van der Waals surface area contributed by atoms with Crippen LogP contribution in [-0.4, -0.2) is 78.1 Å². The molecule has 0 aromatic rings. The van der Waals surface area contributed by atoms with Crippen LogP contribution < -0.4 is 51.4 Å². The fourth-order valence-corrected chi connectivity index (χ4v) is 2.02. The van der Waals surface area contributed by atoms with E-state index in [-0.39, 0.29) is 51.4 Å². The van der Waals surface area contributed by atoms with E-state index >= 15 is 0 Å². The van der Waals surface area contributed by atoms with E-state index in [0.29, 0.717) is 6.04 Å². The largest absolute Gasteiger partial charge is 1.00 e. The minimum atomic E-state index is -2.17. The maximum Gasteiger partial charge on any atom is 1.00 e. The van der Waals surface area contributed by atoms with Crippen LogP contribution in [0.1, 0.15) is 13.8 Å². The monoisotopic (exact) mass is 300 g/mol. The molecule has 1 fully saturated rings. The topological polar surface area (TPSA) is 76.4 Å². The van der Waals surface area contributed by atoms with E-state index in [0.717, 1.165) is 32.2 Å². The zero-order valence-electron chi connectivity index (χ0n) is 12.6. The Morgan fingerprint density at radius 3 is 2.26 bits per heavy atom. The molecule has 19 heavy (non-hydrogen) atoms. The van der Waals surface area contributed by atoms with Crippen molar-refractivity contribution in [2.24, 2.45) is 5.92 Å². The summed E-state index contributed by atoms with van der Waals surface area (Å²) in [5, 5.41) is 21.5. The summed E-state index contributed by atoms with van der Waals surface area (Å²) in [6.07, 6.45) is 0. The van der Waals surface area contributed by atoms with Gasteiger partial charge in [0.05, 0.1) is 6.61 Å². The molecule has 3 N–H and O–H groups in total. The molecule has 6 nitrogen and oxygen atoms in total. The summed E-state index contributed by atoms with van der Waals surface area (Å²) >= 11 is 0. The summed E-state index contributed by atoms with van der Waals surface area (Å²) in [7, 11) is 3.60. The van der Waals surface area contributed by atoms with Crippen molar-refractivity contribution < 1.29 is 71.2 Å². The molecule has 8 heteroatoms. The summed E-state index contributed by atoms with van der Waals surface area (Å²) in [5.41, 5.74) is 0. The van der Waals surface area contributed by atoms with Gasteiger partial charge in [-0.25, -0.2) is 0 Å². The van der Waals surface area contributed by atoms with Gasteiger partial charge in [-0.2, -0.15) is 0 Å². The minimum Gasteiger partial charge on any atom is -0.457 e. The standard InChI is InChI=1S/C11H23N2O.BH3O3.K/c1-10(2)7-13-6-5-12(3)8-11(13)9-14-4;2-1(3)4;/h10-11H,3,5-9H2,1-2,4H3;2-4H;/q-1;;+1. The number of hydrogen-bond acceptors (Lipinski definition) is 6. The van der Waals surface area contributed by atoms with Gasteiger partial charge in [0.15, 0.2) is 0 Å². The fraction of sp³-hybridized carbons (Fsp3) is 0.909. The van der Waals surface area contributed by atoms with Gasteiger partial charge < -0.3 is 24.7 Å². The van der Waals surface area contributed by atoms with Gasteiger partial charge in [-0.05, 0) is 19.0 Å². The Balaban J connectivity index is 0. The van der Waals surface area contributed by atoms with Crippen molar-refractivity contribution in [3.8, 4) is 0 Å². The molecule has 0 aliphatic carbocycles. The average Bonchev–Trinajstić information content (AvgIpc) is 2.21. The van der Waals surface area contributed by atoms with Gasteiger partial charge in [0.25, 0.3) is 0 Å². The van der Waals surface area contributed by atoms with Crippen LogP contribution in [-0.2, 0) is 4.74 Å². The SMILES string of the molecule is OB(O)O.[CH2-]N1CCN(CC(C)C)C(COC)C1.[K+]. The Bertz CT molecular complexity index is 208. The molecule has 0 amide bonds. The van der Waals surface area contributed by atoms with Gasteiger partial charge in [-0.3, -0.25) is 11.9 Å². The van der Waals surface area contributed by atoms with Gasteiger partial charge in [0.2, 0.25) is 0 Å². The zero-order chi connectivity index (χ0) is 14.1. The fourth-order valence-electron chi connectivity index (χ4n) is 2.02. The van der Waals surface area contributed by atoms with Crippen molar-refractivity contribution in [3.63, 3.8) is 0 Å². The Labute approximate surface area is 159 Å². The second-order valence-corrected chi connectivity index (χ2v) is 4.92. The molecular formula is C11H26BKN2O4. The van der Waals surface area contributed by atoms with Gasteiger partial charge in [-0.15, -0.1) is 0 Å². The first kappa shape index (κ1) is 22.7. The van der Waals surface area contributed by atoms with E-state index in [4.69, 9.17) is 19.8 Å². The van der Waals surface area contributed by atoms with Crippen LogP contribution in [0.15, 0.2) is 0 Å². The van der Waals surface area contributed by atoms with E-state index in [1.165, 1.54) is 6.54 Å². The molecule has 1 rings (SSSR count). The summed E-state index contributed by atoms with van der Waals surface area (Å²) < 4.78 is 5.25. The number of methoxy groups -OCH3 is 1. The third-order valence-electron chi connectivity index (χ3n) is 2.65. The Morgan fingerprint density at radius 2 is 1.84 bits per heavy atom. The minimum absolute atomic E-state index is 0. The predicted octanol–water partition coefficient (Wildman–Crippen LogP) is -3.98. The number of rotatable bonds is 4. The molecule has 1 atom stereocenters. The molecule has 1 saturated heterocycles. The number of ether oxygens (including phenoxy) is 1. The molecule has 108 valence electrons. The molecule has 0 bridgehead atoms. The molecule has 1 heterocycles. The Morgan fingerprint density at radius 1 is 1.32 bits per heavy atom. The van der Waals surface area contributed by atoms with Crippen molar-refractivity contribution in [2.45, 2.75) is 19.9 Å². The summed E-state index contributed by atoms with van der Waals surface area (Å²) in [4.78, 5) is 4.66. The maximum atomic E-state index is 7.17. The predicted molar refractivity (Wildman–Crippen MR) is 71.4 cm³/mol. The van der Waals surface area contributed by atoms with Gasteiger partial charge in [-0.1, -0.05) is 13.8 Å². The maximum absolute atomic E-state index is 7.17. The van der Waals surface area contributed by atoms with Crippen LogP contribution in [0.5, 0.6) is 0 Å². The molecule has 1 aliphatic rings. The van der Waals surface area contributed by atoms with Crippen LogP contribution in [0.4, 0.5) is 0 Å². The molecular weight excluding hydrogens is 274 g/mol. The van der Waals surface area contributed by atoms with Crippen LogP contribution in [0.2, 0.25) is 0 Å². The average molecular weight is 300 g/mol. The molecule has 0 spiro atoms. The van der Waals surface area contributed by atoms with Gasteiger partial charge in [0.1, 0.15) is 0 Å². The third-order valence-corrected chi connectivity index (χ3v) is 2.65. The quantitative estimate of drug-likeness (QED) is 0.363. The number of piperazine rings is 1. The molecule has 0 aromatic heterocycles. The van der Waals surface area contributed by atoms with E-state index in [1.54, 1.807) is 7.11 Å². The van der Waals surface area contributed by atoms with Crippen molar-refractivity contribution in [3.05, 3.63) is 7.05 Å². The van der Waals surface area contributed by atoms with Crippen molar-refractivity contribution in [2.75, 3.05) is 39.9 Å². The zero-order valence-corrected chi connectivity index (χ0v) is 15.7. The van der Waals surface area contributed by atoms with Gasteiger partial charge >= 0.3 is 58.7 Å². The van der Waals surface area contributed by atoms with Crippen LogP contribution in [0, 0.1) is 13.0 Å². The summed E-state index contributed by atoms with van der Waals surface area (Å²) in [6.45, 7) is 9.74. The smallest absolute Gasteiger partial charge is 0.457 e. The molecule has 0 saturated carbocycles. The van der Waals surface area contributed by atoms with E-state index in [9.17, 15) is 0 Å². The Hall–Kier alpha value is 1.46. The van der Waals surface area contributed by atoms with Crippen molar-refractivity contribution in [1.29, 1.82) is 0 Å². The van der Waals surface area contributed by atoms with E-state index in [1.807, 2.05) is 0 Å². The van der Waals surface area contributed by atoms with E-state index in [2.05, 4.69) is 30.7 Å². The number of hydrogen-bond donors (Lipinski definition) is 3. The Kier molecular flexibility index (Phi) is 15.7. The molecule has 0 radical (unpaired) electrons. The van der Waals surface area contributed by atoms with E-state index < -0.39 is 7.32 Å². The summed E-state index contributed by atoms with van der Waals surface area (Å²) in [6, 6.07) is 0.522. The normalized spacial score (nSPS) is 20.5. The second kappa shape index (κ2) is 13.1. The van der Waals surface area contributed by atoms with Crippen LogP contribution in [0.25, 0.3) is 0 Å². The van der Waals surface area contributed by atoms with Crippen molar-refractivity contribution in [1.82, 2.24) is 9.80 Å². The summed E-state index contributed by atoms with van der Waals surface area (Å²) in [5.74, 6) is 0.728. The second-order valence-electron chi connectivity index (χ2n) is 4.92. The van der Waals surface area contributed by atoms with Crippen LogP contribution >= 0.6 is 0 Å². The first-order valence-electron chi connectivity index (χ1n) is 6.19. The van der Waals surface area contributed by atoms with Crippen molar-refractivity contribution >= 4 is 7.32 Å². The molecule has 0 aromatic carbocycles. The molecule has 1 aliphatic heterocycles. The van der Waals surface area contributed by atoms with Gasteiger partial charge in [0, 0.05) is 26.2 Å². The first-order chi connectivity index (χ1) is 8.36.